The number of aryl methyl sites for hydroxylation is 6. The molecule has 70 heavy (non-hydrogen) atoms. The van der Waals surface area contributed by atoms with E-state index in [1.807, 2.05) is 0 Å². The molecule has 0 saturated carbocycles. The van der Waals surface area contributed by atoms with Gasteiger partial charge in [-0.1, -0.05) is 278 Å². The SMILES string of the molecule is CC1=CCC(C)C(C)=C1B(c1ccc(-c2c(C3=CC=CCC=C3)c(-c3ccccc3)c(-c3ccc(B(c4c(C)cccc4C)c4c(C)cccc4C)cc3)c3ccccc23)cc1)c1c(C)cccc1C. The summed E-state index contributed by atoms with van der Waals surface area (Å²) in [5, 5.41) is 2.50. The van der Waals surface area contributed by atoms with E-state index in [0.717, 1.165) is 12.8 Å². The van der Waals surface area contributed by atoms with Gasteiger partial charge >= 0.3 is 0 Å². The number of hydrogen-bond donors (Lipinski definition) is 0. The van der Waals surface area contributed by atoms with Crippen molar-refractivity contribution < 1.29 is 0 Å². The molecule has 0 spiro atoms. The van der Waals surface area contributed by atoms with Crippen LogP contribution in [-0.4, -0.2) is 13.4 Å². The second-order valence-corrected chi connectivity index (χ2v) is 20.2. The highest BCUT2D eigenvalue weighted by molar-refractivity contribution is 6.96. The van der Waals surface area contributed by atoms with Crippen molar-refractivity contribution in [2.45, 2.75) is 75.2 Å². The van der Waals surface area contributed by atoms with Crippen LogP contribution in [0.3, 0.4) is 0 Å². The molecule has 342 valence electrons. The van der Waals surface area contributed by atoms with E-state index in [1.54, 1.807) is 0 Å². The monoisotopic (exact) mass is 903 g/mol. The van der Waals surface area contributed by atoms with E-state index in [9.17, 15) is 0 Å². The molecule has 0 bridgehead atoms. The zero-order chi connectivity index (χ0) is 48.6. The zero-order valence-electron chi connectivity index (χ0n) is 42.6. The molecule has 0 saturated heterocycles. The van der Waals surface area contributed by atoms with Crippen LogP contribution in [0.4, 0.5) is 0 Å². The maximum Gasteiger partial charge on any atom is 0.242 e. The summed E-state index contributed by atoms with van der Waals surface area (Å²) in [7, 11) is 0. The smallest absolute Gasteiger partial charge is 0.0815 e. The molecule has 8 aromatic rings. The van der Waals surface area contributed by atoms with Crippen molar-refractivity contribution in [1.82, 2.24) is 0 Å². The highest BCUT2D eigenvalue weighted by Crippen LogP contribution is 2.49. The molecule has 8 aromatic carbocycles. The Hall–Kier alpha value is -7.15. The summed E-state index contributed by atoms with van der Waals surface area (Å²) in [6, 6.07) is 59.9. The third-order valence-electron chi connectivity index (χ3n) is 15.8. The first kappa shape index (κ1) is 46.6. The van der Waals surface area contributed by atoms with Crippen LogP contribution in [0, 0.1) is 47.5 Å². The summed E-state index contributed by atoms with van der Waals surface area (Å²) < 4.78 is 0. The normalized spacial score (nSPS) is 14.7. The first-order chi connectivity index (χ1) is 34.0. The van der Waals surface area contributed by atoms with Gasteiger partial charge in [0.25, 0.3) is 0 Å². The Morgan fingerprint density at radius 1 is 0.414 bits per heavy atom. The van der Waals surface area contributed by atoms with Crippen molar-refractivity contribution >= 4 is 57.1 Å². The average molecular weight is 903 g/mol. The Bertz CT molecular complexity index is 3330. The third-order valence-corrected chi connectivity index (χ3v) is 15.8. The van der Waals surface area contributed by atoms with E-state index in [4.69, 9.17) is 0 Å². The molecule has 0 N–H and O–H groups in total. The molecule has 0 radical (unpaired) electrons. The molecule has 0 aliphatic heterocycles. The second-order valence-electron chi connectivity index (χ2n) is 20.2. The Morgan fingerprint density at radius 2 is 0.857 bits per heavy atom. The second kappa shape index (κ2) is 19.7. The molecular weight excluding hydrogens is 838 g/mol. The number of allylic oxidation sites excluding steroid dienone is 10. The molecule has 2 aliphatic rings. The van der Waals surface area contributed by atoms with Crippen LogP contribution >= 0.6 is 0 Å². The van der Waals surface area contributed by atoms with Gasteiger partial charge in [-0.15, -0.1) is 0 Å². The first-order valence-corrected chi connectivity index (χ1v) is 25.5. The van der Waals surface area contributed by atoms with Gasteiger partial charge in [0.2, 0.25) is 13.4 Å². The molecule has 1 atom stereocenters. The Kier molecular flexibility index (Phi) is 13.1. The standard InChI is InChI=1S/C68H64B2/c1-44-34-35-51(8)68(52(44)9)70(67-49(6)26-21-27-50(67)7)58-42-38-56(39-43-58)62-60-33-18-17-32-59(60)61(64(54-30-15-12-16-31-54)63(62)53-28-13-10-11-14-29-53)55-36-40-57(41-37-55)69(65-45(2)22-19-23-46(65)3)66-47(4)24-20-25-48(66)5/h10,12-33,35-44H,11,34H2,1-9H3. The Balaban J connectivity index is 1.23. The Labute approximate surface area is 419 Å². The number of fused-ring (bicyclic) bond motifs is 1. The minimum Gasteiger partial charge on any atom is -0.0815 e. The molecule has 0 nitrogen and oxygen atoms in total. The molecule has 0 aromatic heterocycles. The largest absolute Gasteiger partial charge is 0.242 e. The minimum absolute atomic E-state index is 0.103. The number of hydrogen-bond acceptors (Lipinski definition) is 0. The van der Waals surface area contributed by atoms with Gasteiger partial charge in [0.05, 0.1) is 0 Å². The summed E-state index contributed by atoms with van der Waals surface area (Å²) in [5.41, 5.74) is 29.1. The molecular formula is C68H64B2. The molecule has 1 unspecified atom stereocenters. The maximum absolute atomic E-state index is 2.47. The summed E-state index contributed by atoms with van der Waals surface area (Å²) in [6.07, 6.45) is 16.0. The zero-order valence-corrected chi connectivity index (χ0v) is 42.6. The molecule has 0 fully saturated rings. The van der Waals surface area contributed by atoms with Gasteiger partial charge in [-0.25, -0.2) is 0 Å². The summed E-state index contributed by atoms with van der Waals surface area (Å²) in [5.74, 6) is 0.510. The topological polar surface area (TPSA) is 0 Å². The quantitative estimate of drug-likeness (QED) is 0.120. The van der Waals surface area contributed by atoms with E-state index < -0.39 is 0 Å². The van der Waals surface area contributed by atoms with Crippen LogP contribution < -0.4 is 27.3 Å². The van der Waals surface area contributed by atoms with Crippen molar-refractivity contribution in [3.8, 4) is 33.4 Å². The van der Waals surface area contributed by atoms with Gasteiger partial charge in [-0.3, -0.25) is 0 Å². The fourth-order valence-corrected chi connectivity index (χ4v) is 12.1. The first-order valence-electron chi connectivity index (χ1n) is 25.5. The molecule has 10 rings (SSSR count). The molecule has 0 heterocycles. The van der Waals surface area contributed by atoms with E-state index in [2.05, 4.69) is 256 Å². The third kappa shape index (κ3) is 8.53. The lowest BCUT2D eigenvalue weighted by Gasteiger charge is -2.30. The van der Waals surface area contributed by atoms with Gasteiger partial charge in [0.15, 0.2) is 0 Å². The number of benzene rings is 8. The van der Waals surface area contributed by atoms with Gasteiger partial charge in [-0.05, 0) is 129 Å². The molecule has 0 amide bonds. The average Bonchev–Trinajstić information content (AvgIpc) is 3.66. The van der Waals surface area contributed by atoms with Gasteiger partial charge in [0, 0.05) is 0 Å². The fraction of sp³-hybridized carbons (Fsp3) is 0.176. The van der Waals surface area contributed by atoms with Crippen molar-refractivity contribution in [2.24, 2.45) is 5.92 Å². The number of rotatable bonds is 10. The van der Waals surface area contributed by atoms with Crippen molar-refractivity contribution in [1.29, 1.82) is 0 Å². The molecule has 2 heteroatoms. The van der Waals surface area contributed by atoms with Crippen molar-refractivity contribution in [3.05, 3.63) is 250 Å². The molecule has 2 aliphatic carbocycles. The summed E-state index contributed by atoms with van der Waals surface area (Å²) in [6.45, 7) is 21.0. The minimum atomic E-state index is 0.103. The van der Waals surface area contributed by atoms with E-state index in [-0.39, 0.29) is 13.4 Å². The van der Waals surface area contributed by atoms with E-state index in [1.165, 1.54) is 133 Å². The van der Waals surface area contributed by atoms with Crippen LogP contribution in [0.15, 0.2) is 211 Å². The van der Waals surface area contributed by atoms with Gasteiger partial charge in [-0.2, -0.15) is 0 Å². The lowest BCUT2D eigenvalue weighted by molar-refractivity contribution is 0.677. The predicted molar refractivity (Wildman–Crippen MR) is 309 cm³/mol. The lowest BCUT2D eigenvalue weighted by Crippen LogP contribution is -2.55. The summed E-state index contributed by atoms with van der Waals surface area (Å²) >= 11 is 0. The van der Waals surface area contributed by atoms with Crippen LogP contribution in [0.1, 0.15) is 72.6 Å². The van der Waals surface area contributed by atoms with Crippen LogP contribution in [0.25, 0.3) is 49.7 Å². The van der Waals surface area contributed by atoms with Gasteiger partial charge < -0.3 is 0 Å². The van der Waals surface area contributed by atoms with Gasteiger partial charge in [0.1, 0.15) is 0 Å². The van der Waals surface area contributed by atoms with Crippen molar-refractivity contribution in [3.63, 3.8) is 0 Å². The highest BCUT2D eigenvalue weighted by Gasteiger charge is 2.33. The fourth-order valence-electron chi connectivity index (χ4n) is 12.1. The Morgan fingerprint density at radius 3 is 1.37 bits per heavy atom. The van der Waals surface area contributed by atoms with Crippen LogP contribution in [-0.2, 0) is 0 Å². The summed E-state index contributed by atoms with van der Waals surface area (Å²) in [4.78, 5) is 0. The lowest BCUT2D eigenvalue weighted by atomic mass is 9.32. The van der Waals surface area contributed by atoms with Crippen molar-refractivity contribution in [2.75, 3.05) is 0 Å². The van der Waals surface area contributed by atoms with Crippen LogP contribution in [0.5, 0.6) is 0 Å². The maximum atomic E-state index is 2.47. The van der Waals surface area contributed by atoms with Crippen LogP contribution in [0.2, 0.25) is 0 Å². The highest BCUT2D eigenvalue weighted by atomic mass is 14.3. The van der Waals surface area contributed by atoms with E-state index in [0.29, 0.717) is 5.92 Å². The van der Waals surface area contributed by atoms with E-state index >= 15 is 0 Å². The predicted octanol–water partition coefficient (Wildman–Crippen LogP) is 14.6.